The monoisotopic (exact) mass is 448 g/mol. The largest absolute Gasteiger partial charge is 0.350 e. The van der Waals surface area contributed by atoms with Crippen molar-refractivity contribution in [2.24, 2.45) is 0 Å². The second-order valence-electron chi connectivity index (χ2n) is 8.33. The van der Waals surface area contributed by atoms with E-state index in [1.54, 1.807) is 18.5 Å². The number of carbonyl (C=O) groups excluding carboxylic acids is 1. The quantitative estimate of drug-likeness (QED) is 0.603. The van der Waals surface area contributed by atoms with E-state index in [1.165, 1.54) is 6.33 Å². The van der Waals surface area contributed by atoms with Crippen LogP contribution in [0.15, 0.2) is 35.6 Å². The van der Waals surface area contributed by atoms with Crippen LogP contribution in [0.25, 0.3) is 0 Å². The molecule has 1 aliphatic rings. The van der Waals surface area contributed by atoms with Gasteiger partial charge < -0.3 is 20.1 Å². The third-order valence-electron chi connectivity index (χ3n) is 5.93. The van der Waals surface area contributed by atoms with Gasteiger partial charge in [-0.2, -0.15) is 0 Å². The molecule has 1 fully saturated rings. The highest BCUT2D eigenvalue weighted by Crippen LogP contribution is 2.24. The zero-order valence-corrected chi connectivity index (χ0v) is 19.3. The Bertz CT molecular complexity index is 1210. The van der Waals surface area contributed by atoms with Crippen molar-refractivity contribution in [1.82, 2.24) is 30.2 Å². The zero-order chi connectivity index (χ0) is 23.5. The van der Waals surface area contributed by atoms with E-state index in [0.29, 0.717) is 22.8 Å². The molecule has 3 aromatic rings. The van der Waals surface area contributed by atoms with Crippen LogP contribution in [0.5, 0.6) is 0 Å². The molecule has 0 radical (unpaired) electrons. The Hall–Kier alpha value is -3.82. The Morgan fingerprint density at radius 2 is 1.91 bits per heavy atom. The minimum absolute atomic E-state index is 0.130. The molecule has 0 aromatic carbocycles. The normalized spacial score (nSPS) is 16.1. The molecule has 1 saturated heterocycles. The molecule has 10 nitrogen and oxygen atoms in total. The zero-order valence-electron chi connectivity index (χ0n) is 19.3. The minimum atomic E-state index is -0.334. The van der Waals surface area contributed by atoms with Gasteiger partial charge in [0.15, 0.2) is 0 Å². The van der Waals surface area contributed by atoms with Crippen molar-refractivity contribution >= 4 is 17.7 Å². The fourth-order valence-electron chi connectivity index (χ4n) is 4.22. The van der Waals surface area contributed by atoms with Gasteiger partial charge in [0.05, 0.1) is 0 Å². The van der Waals surface area contributed by atoms with Crippen LogP contribution in [0.4, 0.5) is 11.8 Å². The number of anilines is 2. The van der Waals surface area contributed by atoms with Crippen molar-refractivity contribution < 1.29 is 4.79 Å². The Morgan fingerprint density at radius 1 is 1.15 bits per heavy atom. The molecule has 0 unspecified atom stereocenters. The average Bonchev–Trinajstić information content (AvgIpc) is 2.79. The summed E-state index contributed by atoms with van der Waals surface area (Å²) in [5, 5.41) is 2.83. The van der Waals surface area contributed by atoms with Gasteiger partial charge in [-0.3, -0.25) is 9.59 Å². The lowest BCUT2D eigenvalue weighted by atomic mass is 10.1. The highest BCUT2D eigenvalue weighted by molar-refractivity contribution is 5.94. The molecule has 4 heterocycles. The van der Waals surface area contributed by atoms with E-state index in [0.717, 1.165) is 36.7 Å². The number of nitrogens with zero attached hydrogens (tertiary/aromatic N) is 6. The second kappa shape index (κ2) is 9.35. The predicted molar refractivity (Wildman–Crippen MR) is 126 cm³/mol. The summed E-state index contributed by atoms with van der Waals surface area (Å²) in [6.07, 6.45) is 4.90. The van der Waals surface area contributed by atoms with E-state index in [9.17, 15) is 9.59 Å². The molecule has 33 heavy (non-hydrogen) atoms. The molecule has 10 heteroatoms. The van der Waals surface area contributed by atoms with Gasteiger partial charge in [-0.25, -0.2) is 19.9 Å². The van der Waals surface area contributed by atoms with Gasteiger partial charge in [0.25, 0.3) is 11.5 Å². The summed E-state index contributed by atoms with van der Waals surface area (Å²) in [7, 11) is 0. The third-order valence-corrected chi connectivity index (χ3v) is 5.93. The van der Waals surface area contributed by atoms with E-state index in [4.69, 9.17) is 0 Å². The van der Waals surface area contributed by atoms with Gasteiger partial charge >= 0.3 is 0 Å². The van der Waals surface area contributed by atoms with Gasteiger partial charge in [0.2, 0.25) is 5.95 Å². The SMILES string of the molecule is Cc1cc(C)c(CNC(=O)c2ncnc(N3CCN(c4ncccn4)C[C@@H]3C)c2C)c(=O)[nH]1. The standard InChI is InChI=1S/C23H28N8O2/c1-14-10-15(2)29-21(32)18(14)11-26-22(33)19-17(4)20(28-13-27-19)31-9-8-30(12-16(31)3)23-24-6-5-7-25-23/h5-7,10,13,16H,8-9,11-12H2,1-4H3,(H,26,33)(H,29,32)/t16-/m0/s1. The Morgan fingerprint density at radius 3 is 2.61 bits per heavy atom. The summed E-state index contributed by atoms with van der Waals surface area (Å²) in [5.41, 5.74) is 2.99. The van der Waals surface area contributed by atoms with Gasteiger partial charge in [0.1, 0.15) is 17.8 Å². The van der Waals surface area contributed by atoms with Crippen molar-refractivity contribution in [3.63, 3.8) is 0 Å². The van der Waals surface area contributed by atoms with Crippen LogP contribution >= 0.6 is 0 Å². The Labute approximate surface area is 192 Å². The van der Waals surface area contributed by atoms with Gasteiger partial charge in [-0.05, 0) is 45.4 Å². The molecule has 0 bridgehead atoms. The topological polar surface area (TPSA) is 120 Å². The van der Waals surface area contributed by atoms with Crippen molar-refractivity contribution in [2.75, 3.05) is 29.4 Å². The number of H-pyrrole nitrogens is 1. The van der Waals surface area contributed by atoms with E-state index < -0.39 is 0 Å². The number of rotatable bonds is 5. The average molecular weight is 449 g/mol. The van der Waals surface area contributed by atoms with E-state index >= 15 is 0 Å². The first-order valence-corrected chi connectivity index (χ1v) is 10.9. The maximum Gasteiger partial charge on any atom is 0.270 e. The summed E-state index contributed by atoms with van der Waals surface area (Å²) < 4.78 is 0. The Balaban J connectivity index is 1.49. The smallest absolute Gasteiger partial charge is 0.270 e. The first kappa shape index (κ1) is 22.4. The summed E-state index contributed by atoms with van der Waals surface area (Å²) >= 11 is 0. The van der Waals surface area contributed by atoms with E-state index in [-0.39, 0.29) is 24.1 Å². The van der Waals surface area contributed by atoms with Gasteiger partial charge in [-0.1, -0.05) is 0 Å². The van der Waals surface area contributed by atoms with Gasteiger partial charge in [0, 0.05) is 61.4 Å². The highest BCUT2D eigenvalue weighted by atomic mass is 16.2. The molecular formula is C23H28N8O2. The van der Waals surface area contributed by atoms with Crippen molar-refractivity contribution in [1.29, 1.82) is 0 Å². The number of hydrogen-bond donors (Lipinski definition) is 2. The molecule has 1 atom stereocenters. The minimum Gasteiger partial charge on any atom is -0.350 e. The fourth-order valence-corrected chi connectivity index (χ4v) is 4.22. The number of aryl methyl sites for hydroxylation is 2. The first-order chi connectivity index (χ1) is 15.8. The third kappa shape index (κ3) is 4.69. The lowest BCUT2D eigenvalue weighted by Gasteiger charge is -2.41. The molecule has 0 spiro atoms. The second-order valence-corrected chi connectivity index (χ2v) is 8.33. The van der Waals surface area contributed by atoms with Crippen LogP contribution in [0, 0.1) is 20.8 Å². The fraction of sp³-hybridized carbons (Fsp3) is 0.391. The van der Waals surface area contributed by atoms with E-state index in [1.807, 2.05) is 26.8 Å². The number of hydrogen-bond acceptors (Lipinski definition) is 8. The molecule has 4 rings (SSSR count). The molecule has 0 saturated carbocycles. The predicted octanol–water partition coefficient (Wildman–Crippen LogP) is 1.53. The number of piperazine rings is 1. The van der Waals surface area contributed by atoms with Crippen molar-refractivity contribution in [2.45, 2.75) is 40.3 Å². The summed E-state index contributed by atoms with van der Waals surface area (Å²) in [5.74, 6) is 1.12. The number of pyridine rings is 1. The lowest BCUT2D eigenvalue weighted by Crippen LogP contribution is -2.53. The number of aromatic nitrogens is 5. The number of carbonyl (C=O) groups is 1. The summed E-state index contributed by atoms with van der Waals surface area (Å²) in [4.78, 5) is 49.7. The lowest BCUT2D eigenvalue weighted by molar-refractivity contribution is 0.0945. The van der Waals surface area contributed by atoms with E-state index in [2.05, 4.69) is 47.0 Å². The van der Waals surface area contributed by atoms with Gasteiger partial charge in [-0.15, -0.1) is 0 Å². The molecule has 1 aliphatic heterocycles. The number of nitrogens with one attached hydrogen (secondary N) is 2. The van der Waals surface area contributed by atoms with Crippen LogP contribution in [0.1, 0.15) is 39.8 Å². The molecule has 1 amide bonds. The molecule has 2 N–H and O–H groups in total. The van der Waals surface area contributed by atoms with Crippen molar-refractivity contribution in [3.8, 4) is 0 Å². The van der Waals surface area contributed by atoms with Crippen LogP contribution in [-0.2, 0) is 6.54 Å². The van der Waals surface area contributed by atoms with Crippen LogP contribution < -0.4 is 20.7 Å². The molecule has 3 aromatic heterocycles. The van der Waals surface area contributed by atoms with Crippen LogP contribution in [0.2, 0.25) is 0 Å². The molecule has 0 aliphatic carbocycles. The number of amides is 1. The number of aromatic amines is 1. The highest BCUT2D eigenvalue weighted by Gasteiger charge is 2.28. The first-order valence-electron chi connectivity index (χ1n) is 10.9. The maximum absolute atomic E-state index is 12.9. The molecule has 172 valence electrons. The Kier molecular flexibility index (Phi) is 6.34. The van der Waals surface area contributed by atoms with Crippen LogP contribution in [-0.4, -0.2) is 56.5 Å². The summed E-state index contributed by atoms with van der Waals surface area (Å²) in [6.45, 7) is 9.99. The maximum atomic E-state index is 12.9. The summed E-state index contributed by atoms with van der Waals surface area (Å²) in [6, 6.07) is 3.83. The molecular weight excluding hydrogens is 420 g/mol. The van der Waals surface area contributed by atoms with Crippen LogP contribution in [0.3, 0.4) is 0 Å². The van der Waals surface area contributed by atoms with Crippen molar-refractivity contribution in [3.05, 3.63) is 69.3 Å².